The summed E-state index contributed by atoms with van der Waals surface area (Å²) >= 11 is 0. The van der Waals surface area contributed by atoms with Gasteiger partial charge in [0, 0.05) is 12.1 Å². The lowest BCUT2D eigenvalue weighted by Gasteiger charge is -2.19. The number of carbonyl (C=O) groups excluding carboxylic acids is 1. The van der Waals surface area contributed by atoms with Crippen LogP contribution in [0.2, 0.25) is 0 Å². The number of H-pyrrole nitrogens is 1. The van der Waals surface area contributed by atoms with Crippen LogP contribution in [0.25, 0.3) is 11.0 Å². The Morgan fingerprint density at radius 3 is 2.76 bits per heavy atom. The minimum Gasteiger partial charge on any atom is -0.445 e. The fourth-order valence-electron chi connectivity index (χ4n) is 2.51. The average Bonchev–Trinajstić information content (AvgIpc) is 3.13. The van der Waals surface area contributed by atoms with Gasteiger partial charge in [0.15, 0.2) is 0 Å². The maximum atomic E-state index is 11.7. The number of amides is 1. The van der Waals surface area contributed by atoms with Gasteiger partial charge in [0.2, 0.25) is 0 Å². The first-order chi connectivity index (χ1) is 12.1. The summed E-state index contributed by atoms with van der Waals surface area (Å²) in [6.45, 7) is -0.00645. The molecule has 0 spiro atoms. The number of nitrogens with zero attached hydrogens (tertiary/aromatic N) is 1. The quantitative estimate of drug-likeness (QED) is 0.548. The fraction of sp³-hybridized carbons (Fsp3) is 0.222. The second-order valence-electron chi connectivity index (χ2n) is 5.60. The zero-order chi connectivity index (χ0) is 17.6. The van der Waals surface area contributed by atoms with E-state index in [-0.39, 0.29) is 13.2 Å². The van der Waals surface area contributed by atoms with Crippen molar-refractivity contribution in [3.05, 3.63) is 66.0 Å². The van der Waals surface area contributed by atoms with Gasteiger partial charge in [-0.15, -0.1) is 0 Å². The van der Waals surface area contributed by atoms with Crippen LogP contribution in [-0.2, 0) is 11.3 Å². The highest BCUT2D eigenvalue weighted by molar-refractivity contribution is 5.78. The number of alkyl carbamates (subject to hydrolysis) is 1. The first kappa shape index (κ1) is 16.9. The van der Waals surface area contributed by atoms with Crippen molar-refractivity contribution in [3.8, 4) is 0 Å². The second kappa shape index (κ2) is 7.78. The van der Waals surface area contributed by atoms with Gasteiger partial charge in [-0.3, -0.25) is 0 Å². The van der Waals surface area contributed by atoms with E-state index in [0.29, 0.717) is 11.1 Å². The molecule has 2 atom stereocenters. The minimum absolute atomic E-state index is 0.137. The number of hydrogen-bond acceptors (Lipinski definition) is 5. The first-order valence-corrected chi connectivity index (χ1v) is 7.88. The molecule has 1 amide bonds. The van der Waals surface area contributed by atoms with Gasteiger partial charge in [-0.2, -0.15) is 0 Å². The van der Waals surface area contributed by atoms with Gasteiger partial charge in [-0.1, -0.05) is 42.5 Å². The molecule has 2 unspecified atom stereocenters. The van der Waals surface area contributed by atoms with Gasteiger partial charge in [-0.05, 0) is 11.6 Å². The molecule has 2 aromatic carbocycles. The van der Waals surface area contributed by atoms with E-state index in [1.165, 1.54) is 6.33 Å². The third-order valence-electron chi connectivity index (χ3n) is 3.83. The molecule has 3 aromatic rings. The van der Waals surface area contributed by atoms with Gasteiger partial charge < -0.3 is 25.3 Å². The Labute approximate surface area is 144 Å². The third kappa shape index (κ3) is 4.14. The molecule has 0 aliphatic rings. The Bertz CT molecular complexity index is 834. The lowest BCUT2D eigenvalue weighted by atomic mass is 10.0. The smallest absolute Gasteiger partial charge is 0.407 e. The van der Waals surface area contributed by atoms with Crippen molar-refractivity contribution in [2.75, 3.05) is 6.54 Å². The van der Waals surface area contributed by atoms with E-state index in [0.717, 1.165) is 11.1 Å². The number of ether oxygens (including phenoxy) is 1. The van der Waals surface area contributed by atoms with Gasteiger partial charge >= 0.3 is 6.09 Å². The SMILES string of the molecule is O=C(NCC(O)C(O)c1cccc2[nH]cnc12)OCc1ccccc1. The number of rotatable bonds is 6. The molecule has 7 heteroatoms. The summed E-state index contributed by atoms with van der Waals surface area (Å²) in [6.07, 6.45) is -1.51. The third-order valence-corrected chi connectivity index (χ3v) is 3.83. The summed E-state index contributed by atoms with van der Waals surface area (Å²) in [5, 5.41) is 22.9. The normalized spacial score (nSPS) is 13.4. The topological polar surface area (TPSA) is 107 Å². The average molecular weight is 341 g/mol. The Kier molecular flexibility index (Phi) is 5.27. The summed E-state index contributed by atoms with van der Waals surface area (Å²) in [5.74, 6) is 0. The highest BCUT2D eigenvalue weighted by Crippen LogP contribution is 2.23. The molecular formula is C18H19N3O4. The molecule has 0 aliphatic heterocycles. The highest BCUT2D eigenvalue weighted by Gasteiger charge is 2.22. The van der Waals surface area contributed by atoms with Crippen molar-refractivity contribution in [2.45, 2.75) is 18.8 Å². The van der Waals surface area contributed by atoms with Gasteiger partial charge in [-0.25, -0.2) is 9.78 Å². The second-order valence-corrected chi connectivity index (χ2v) is 5.60. The monoisotopic (exact) mass is 341 g/mol. The zero-order valence-electron chi connectivity index (χ0n) is 13.4. The summed E-state index contributed by atoms with van der Waals surface area (Å²) in [5.41, 5.74) is 2.70. The number of carbonyl (C=O) groups is 1. The Balaban J connectivity index is 1.52. The molecule has 0 bridgehead atoms. The number of fused-ring (bicyclic) bond motifs is 1. The number of aliphatic hydroxyl groups excluding tert-OH is 2. The van der Waals surface area contributed by atoms with Gasteiger partial charge in [0.05, 0.1) is 17.4 Å². The molecular weight excluding hydrogens is 322 g/mol. The number of hydrogen-bond donors (Lipinski definition) is 4. The highest BCUT2D eigenvalue weighted by atomic mass is 16.5. The van der Waals surface area contributed by atoms with Crippen LogP contribution in [0.3, 0.4) is 0 Å². The van der Waals surface area contributed by atoms with Crippen molar-refractivity contribution in [3.63, 3.8) is 0 Å². The zero-order valence-corrected chi connectivity index (χ0v) is 13.4. The van der Waals surface area contributed by atoms with Crippen LogP contribution in [0, 0.1) is 0 Å². The molecule has 0 radical (unpaired) electrons. The summed E-state index contributed by atoms with van der Waals surface area (Å²) < 4.78 is 5.06. The van der Waals surface area contributed by atoms with Crippen molar-refractivity contribution < 1.29 is 19.7 Å². The van der Waals surface area contributed by atoms with Gasteiger partial charge in [0.25, 0.3) is 0 Å². The van der Waals surface area contributed by atoms with Crippen molar-refractivity contribution >= 4 is 17.1 Å². The minimum atomic E-state index is -1.19. The van der Waals surface area contributed by atoms with Crippen molar-refractivity contribution in [1.29, 1.82) is 0 Å². The number of aliphatic hydroxyl groups is 2. The van der Waals surface area contributed by atoms with Crippen LogP contribution < -0.4 is 5.32 Å². The van der Waals surface area contributed by atoms with E-state index in [4.69, 9.17) is 4.74 Å². The van der Waals surface area contributed by atoms with E-state index >= 15 is 0 Å². The molecule has 3 rings (SSSR count). The van der Waals surface area contributed by atoms with Crippen LogP contribution in [0.4, 0.5) is 4.79 Å². The summed E-state index contributed by atoms with van der Waals surface area (Å²) in [7, 11) is 0. The first-order valence-electron chi connectivity index (χ1n) is 7.88. The molecule has 0 saturated heterocycles. The molecule has 4 N–H and O–H groups in total. The summed E-state index contributed by atoms with van der Waals surface area (Å²) in [6, 6.07) is 14.5. The Morgan fingerprint density at radius 1 is 1.16 bits per heavy atom. The Hall–Kier alpha value is -2.90. The molecule has 7 nitrogen and oxygen atoms in total. The lowest BCUT2D eigenvalue weighted by Crippen LogP contribution is -2.35. The number of benzene rings is 2. The van der Waals surface area contributed by atoms with Crippen molar-refractivity contribution in [2.24, 2.45) is 0 Å². The number of aromatic nitrogens is 2. The number of para-hydroxylation sites is 1. The number of aromatic amines is 1. The van der Waals surface area contributed by atoms with E-state index in [1.54, 1.807) is 12.1 Å². The molecule has 0 fully saturated rings. The number of imidazole rings is 1. The van der Waals surface area contributed by atoms with E-state index in [1.807, 2.05) is 36.4 Å². The maximum Gasteiger partial charge on any atom is 0.407 e. The lowest BCUT2D eigenvalue weighted by molar-refractivity contribution is 0.0191. The fourth-order valence-corrected chi connectivity index (χ4v) is 2.51. The molecule has 1 heterocycles. The Morgan fingerprint density at radius 2 is 1.96 bits per heavy atom. The van der Waals surface area contributed by atoms with E-state index < -0.39 is 18.3 Å². The molecule has 25 heavy (non-hydrogen) atoms. The predicted molar refractivity (Wildman–Crippen MR) is 91.7 cm³/mol. The van der Waals surface area contributed by atoms with Gasteiger partial charge in [0.1, 0.15) is 18.8 Å². The largest absolute Gasteiger partial charge is 0.445 e. The summed E-state index contributed by atoms with van der Waals surface area (Å²) in [4.78, 5) is 18.8. The van der Waals surface area contributed by atoms with Crippen LogP contribution in [0.15, 0.2) is 54.9 Å². The van der Waals surface area contributed by atoms with Crippen LogP contribution in [-0.4, -0.2) is 38.9 Å². The van der Waals surface area contributed by atoms with Crippen LogP contribution in [0.5, 0.6) is 0 Å². The molecule has 130 valence electrons. The molecule has 0 saturated carbocycles. The standard InChI is InChI=1S/C18H19N3O4/c22-15(9-19-18(24)25-10-12-5-2-1-3-6-12)17(23)13-7-4-8-14-16(13)21-11-20-14/h1-8,11,15,17,22-23H,9-10H2,(H,19,24)(H,20,21). The maximum absolute atomic E-state index is 11.7. The van der Waals surface area contributed by atoms with Crippen LogP contribution in [0.1, 0.15) is 17.2 Å². The predicted octanol–water partition coefficient (Wildman–Crippen LogP) is 1.88. The van der Waals surface area contributed by atoms with Crippen molar-refractivity contribution in [1.82, 2.24) is 15.3 Å². The van der Waals surface area contributed by atoms with E-state index in [2.05, 4.69) is 15.3 Å². The van der Waals surface area contributed by atoms with E-state index in [9.17, 15) is 15.0 Å². The number of nitrogens with one attached hydrogen (secondary N) is 2. The molecule has 1 aromatic heterocycles. The molecule has 0 aliphatic carbocycles. The van der Waals surface area contributed by atoms with Crippen LogP contribution >= 0.6 is 0 Å².